The second kappa shape index (κ2) is 8.86. The maximum atomic E-state index is 13.4. The lowest BCUT2D eigenvalue weighted by Crippen LogP contribution is -2.37. The molecule has 0 radical (unpaired) electrons. The van der Waals surface area contributed by atoms with E-state index >= 15 is 0 Å². The Kier molecular flexibility index (Phi) is 6.77. The van der Waals surface area contributed by atoms with Gasteiger partial charge in [-0.15, -0.1) is 24.8 Å². The van der Waals surface area contributed by atoms with Crippen molar-refractivity contribution < 1.29 is 9.18 Å². The van der Waals surface area contributed by atoms with Gasteiger partial charge in [0.15, 0.2) is 0 Å². The average Bonchev–Trinajstić information content (AvgIpc) is 3.19. The number of hydrogen-bond donors (Lipinski definition) is 3. The van der Waals surface area contributed by atoms with Gasteiger partial charge in [-0.2, -0.15) is 0 Å². The number of aromatic amines is 1. The molecule has 1 aliphatic heterocycles. The molecule has 1 aliphatic rings. The number of nitrogens with zero attached hydrogens (tertiary/aromatic N) is 2. The molecule has 1 aromatic carbocycles. The highest BCUT2D eigenvalue weighted by atomic mass is 35.5. The van der Waals surface area contributed by atoms with E-state index in [-0.39, 0.29) is 42.6 Å². The van der Waals surface area contributed by atoms with Crippen molar-refractivity contribution in [3.8, 4) is 0 Å². The van der Waals surface area contributed by atoms with Crippen LogP contribution in [0.3, 0.4) is 0 Å². The highest BCUT2D eigenvalue weighted by Gasteiger charge is 2.22. The zero-order valence-corrected chi connectivity index (χ0v) is 16.4. The Hall–Kier alpha value is -2.90. The first-order chi connectivity index (χ1) is 12.6. The van der Waals surface area contributed by atoms with E-state index in [1.165, 1.54) is 12.1 Å². The third-order valence-corrected chi connectivity index (χ3v) is 4.17. The lowest BCUT2D eigenvalue weighted by atomic mass is 10.1. The van der Waals surface area contributed by atoms with Crippen LogP contribution in [0.4, 0.5) is 4.39 Å². The molecule has 3 aromatic rings. The number of aliphatic imine (C=N–C) groups is 1. The summed E-state index contributed by atoms with van der Waals surface area (Å²) >= 11 is 0. The largest absolute Gasteiger partial charge is 0.349 e. The van der Waals surface area contributed by atoms with Crippen molar-refractivity contribution in [3.63, 3.8) is 0 Å². The number of aromatic nitrogens is 2. The van der Waals surface area contributed by atoms with E-state index in [1.807, 2.05) is 25.1 Å². The van der Waals surface area contributed by atoms with Crippen LogP contribution in [0.25, 0.3) is 17.1 Å². The van der Waals surface area contributed by atoms with Crippen LogP contribution < -0.4 is 10.6 Å². The number of carbonyl (C=O) groups excluding carboxylic acids is 1. The lowest BCUT2D eigenvalue weighted by molar-refractivity contribution is -0.115. The van der Waals surface area contributed by atoms with E-state index < -0.39 is 0 Å². The summed E-state index contributed by atoms with van der Waals surface area (Å²) in [4.78, 5) is 23.8. The number of H-pyrrole nitrogens is 1. The predicted molar refractivity (Wildman–Crippen MR) is 112 cm³/mol. The predicted octanol–water partition coefficient (Wildman–Crippen LogP) is 3.72. The van der Waals surface area contributed by atoms with E-state index in [0.717, 1.165) is 22.2 Å². The maximum Gasteiger partial charge on any atom is 0.276 e. The Morgan fingerprint density at radius 1 is 1.21 bits per heavy atom. The van der Waals surface area contributed by atoms with E-state index in [1.54, 1.807) is 24.5 Å². The van der Waals surface area contributed by atoms with Crippen LogP contribution in [0.15, 0.2) is 59.5 Å². The van der Waals surface area contributed by atoms with Gasteiger partial charge in [0.05, 0.1) is 6.04 Å². The molecular formula is C19H18Cl2FN5O. The fourth-order valence-electron chi connectivity index (χ4n) is 2.85. The van der Waals surface area contributed by atoms with E-state index in [0.29, 0.717) is 11.7 Å². The number of hydrogen-bond acceptors (Lipinski definition) is 4. The van der Waals surface area contributed by atoms with Crippen molar-refractivity contribution in [1.29, 1.82) is 0 Å². The molecule has 28 heavy (non-hydrogen) atoms. The molecule has 0 saturated carbocycles. The highest BCUT2D eigenvalue weighted by molar-refractivity contribution is 6.14. The number of guanidine groups is 1. The third-order valence-electron chi connectivity index (χ3n) is 4.17. The van der Waals surface area contributed by atoms with Crippen LogP contribution >= 0.6 is 24.8 Å². The SMILES string of the molecule is CC(NC1=NC(=Cc2c[nH]c3ncccc23)C(=O)N1)c1cccc(F)c1.Cl.Cl. The second-order valence-corrected chi connectivity index (χ2v) is 6.01. The molecule has 2 aromatic heterocycles. The summed E-state index contributed by atoms with van der Waals surface area (Å²) < 4.78 is 13.4. The van der Waals surface area contributed by atoms with Gasteiger partial charge in [0.1, 0.15) is 17.2 Å². The fraction of sp³-hybridized carbons (Fsp3) is 0.105. The normalized spacial score (nSPS) is 15.4. The number of halogens is 3. The number of pyridine rings is 1. The molecule has 0 bridgehead atoms. The Morgan fingerprint density at radius 2 is 2.04 bits per heavy atom. The third kappa shape index (κ3) is 4.32. The van der Waals surface area contributed by atoms with E-state index in [2.05, 4.69) is 25.6 Å². The Labute approximate surface area is 173 Å². The molecule has 146 valence electrons. The summed E-state index contributed by atoms with van der Waals surface area (Å²) in [5.74, 6) is -0.254. The highest BCUT2D eigenvalue weighted by Crippen LogP contribution is 2.20. The summed E-state index contributed by atoms with van der Waals surface area (Å²) in [5.41, 5.74) is 2.65. The minimum atomic E-state index is -0.304. The second-order valence-electron chi connectivity index (χ2n) is 6.01. The number of carbonyl (C=O) groups is 1. The number of fused-ring (bicyclic) bond motifs is 1. The quantitative estimate of drug-likeness (QED) is 0.563. The van der Waals surface area contributed by atoms with Gasteiger partial charge in [-0.25, -0.2) is 14.4 Å². The molecule has 0 saturated heterocycles. The Balaban J connectivity index is 0.00000140. The van der Waals surface area contributed by atoms with Gasteiger partial charge in [-0.1, -0.05) is 12.1 Å². The van der Waals surface area contributed by atoms with Gasteiger partial charge in [-0.05, 0) is 42.8 Å². The van der Waals surface area contributed by atoms with Crippen molar-refractivity contribution in [2.45, 2.75) is 13.0 Å². The van der Waals surface area contributed by atoms with Crippen LogP contribution in [0.1, 0.15) is 24.1 Å². The Bertz CT molecular complexity index is 1060. The van der Waals surface area contributed by atoms with Gasteiger partial charge in [0.25, 0.3) is 5.91 Å². The van der Waals surface area contributed by atoms with Crippen molar-refractivity contribution in [2.24, 2.45) is 4.99 Å². The Morgan fingerprint density at radius 3 is 2.82 bits per heavy atom. The number of rotatable bonds is 3. The maximum absolute atomic E-state index is 13.4. The minimum Gasteiger partial charge on any atom is -0.349 e. The van der Waals surface area contributed by atoms with E-state index in [9.17, 15) is 9.18 Å². The van der Waals surface area contributed by atoms with Crippen molar-refractivity contribution in [1.82, 2.24) is 20.6 Å². The topological polar surface area (TPSA) is 82.2 Å². The van der Waals surface area contributed by atoms with Gasteiger partial charge >= 0.3 is 0 Å². The molecule has 4 rings (SSSR count). The molecule has 3 heterocycles. The molecule has 3 N–H and O–H groups in total. The molecule has 0 spiro atoms. The van der Waals surface area contributed by atoms with Gasteiger partial charge < -0.3 is 10.3 Å². The van der Waals surface area contributed by atoms with E-state index in [4.69, 9.17) is 0 Å². The van der Waals surface area contributed by atoms with Crippen LogP contribution in [0.2, 0.25) is 0 Å². The summed E-state index contributed by atoms with van der Waals surface area (Å²) in [7, 11) is 0. The minimum absolute atomic E-state index is 0. The molecule has 1 amide bonds. The zero-order valence-electron chi connectivity index (χ0n) is 14.8. The van der Waals surface area contributed by atoms with Gasteiger partial charge in [0, 0.05) is 23.3 Å². The van der Waals surface area contributed by atoms with Gasteiger partial charge in [0.2, 0.25) is 5.96 Å². The first-order valence-electron chi connectivity index (χ1n) is 8.16. The molecule has 6 nitrogen and oxygen atoms in total. The summed E-state index contributed by atoms with van der Waals surface area (Å²) in [6.07, 6.45) is 5.19. The zero-order chi connectivity index (χ0) is 18.1. The van der Waals surface area contributed by atoms with Crippen molar-refractivity contribution in [3.05, 3.63) is 71.4 Å². The van der Waals surface area contributed by atoms with Crippen LogP contribution in [0, 0.1) is 5.82 Å². The van der Waals surface area contributed by atoms with Crippen LogP contribution in [-0.2, 0) is 4.79 Å². The van der Waals surface area contributed by atoms with Crippen LogP contribution in [-0.4, -0.2) is 21.8 Å². The number of amides is 1. The lowest BCUT2D eigenvalue weighted by Gasteiger charge is -2.14. The molecule has 0 aliphatic carbocycles. The van der Waals surface area contributed by atoms with Crippen LogP contribution in [0.5, 0.6) is 0 Å². The first-order valence-corrected chi connectivity index (χ1v) is 8.16. The van der Waals surface area contributed by atoms with Crippen molar-refractivity contribution in [2.75, 3.05) is 0 Å². The first kappa shape index (κ1) is 21.4. The summed E-state index contributed by atoms with van der Waals surface area (Å²) in [5, 5.41) is 6.70. The monoisotopic (exact) mass is 421 g/mol. The smallest absolute Gasteiger partial charge is 0.276 e. The molecule has 0 fully saturated rings. The fourth-order valence-corrected chi connectivity index (χ4v) is 2.85. The number of nitrogens with one attached hydrogen (secondary N) is 3. The number of benzene rings is 1. The van der Waals surface area contributed by atoms with Crippen molar-refractivity contribution >= 4 is 53.8 Å². The average molecular weight is 422 g/mol. The molecule has 9 heteroatoms. The molecule has 1 unspecified atom stereocenters. The molecular weight excluding hydrogens is 404 g/mol. The standard InChI is InChI=1S/C19H16FN5O.2ClH/c1-11(12-4-2-5-14(20)8-12)23-19-24-16(18(26)25-19)9-13-10-22-17-15(13)6-3-7-21-17;;/h2-11H,1H3,(H,21,22)(H2,23,24,25,26);2*1H. The molecule has 1 atom stereocenters. The van der Waals surface area contributed by atoms with Gasteiger partial charge in [-0.3, -0.25) is 10.1 Å². The summed E-state index contributed by atoms with van der Waals surface area (Å²) in [6, 6.07) is 9.85. The summed E-state index contributed by atoms with van der Waals surface area (Å²) in [6.45, 7) is 1.87.